The summed E-state index contributed by atoms with van der Waals surface area (Å²) in [5, 5.41) is 15.7. The van der Waals surface area contributed by atoms with Gasteiger partial charge in [0.2, 0.25) is 5.91 Å². The molecule has 200 valence electrons. The summed E-state index contributed by atoms with van der Waals surface area (Å²) < 4.78 is 41.6. The molecule has 0 radical (unpaired) electrons. The van der Waals surface area contributed by atoms with Gasteiger partial charge in [0.15, 0.2) is 5.13 Å². The smallest absolute Gasteiger partial charge is 0.370 e. The van der Waals surface area contributed by atoms with Gasteiger partial charge in [-0.05, 0) is 29.8 Å². The number of rotatable bonds is 7. The highest BCUT2D eigenvalue weighted by molar-refractivity contribution is 7.23. The molecule has 0 saturated heterocycles. The lowest BCUT2D eigenvalue weighted by Gasteiger charge is -2.20. The number of fused-ring (bicyclic) bond motifs is 3. The second-order valence-corrected chi connectivity index (χ2v) is 9.93. The Bertz CT molecular complexity index is 1690. The molecule has 3 aromatic carbocycles. The van der Waals surface area contributed by atoms with Gasteiger partial charge in [0.05, 0.1) is 38.2 Å². The van der Waals surface area contributed by atoms with Crippen molar-refractivity contribution in [3.63, 3.8) is 0 Å². The minimum atomic E-state index is -4.65. The third-order valence-corrected chi connectivity index (χ3v) is 7.22. The first-order valence-corrected chi connectivity index (χ1v) is 12.9. The van der Waals surface area contributed by atoms with Gasteiger partial charge in [0, 0.05) is 17.5 Å². The van der Waals surface area contributed by atoms with E-state index in [4.69, 9.17) is 11.6 Å². The van der Waals surface area contributed by atoms with Gasteiger partial charge in [-0.2, -0.15) is 18.3 Å². The number of nitrogens with one attached hydrogen (secondary N) is 4. The molecule has 2 amide bonds. The average Bonchev–Trinajstić information content (AvgIpc) is 3.55. The van der Waals surface area contributed by atoms with Crippen LogP contribution in [0.1, 0.15) is 30.5 Å². The molecule has 0 aliphatic rings. The highest BCUT2D eigenvalue weighted by Gasteiger charge is 2.35. The zero-order valence-electron chi connectivity index (χ0n) is 20.2. The second-order valence-electron chi connectivity index (χ2n) is 8.52. The number of hydrogen-bond acceptors (Lipinski definition) is 6. The molecule has 5 rings (SSSR count). The normalized spacial score (nSPS) is 12.4. The number of benzene rings is 3. The Hall–Kier alpha value is -4.16. The molecular weight excluding hydrogens is 553 g/mol. The Morgan fingerprint density at radius 3 is 2.59 bits per heavy atom. The summed E-state index contributed by atoms with van der Waals surface area (Å²) in [7, 11) is 0. The number of thiazole rings is 1. The highest BCUT2D eigenvalue weighted by atomic mass is 35.5. The minimum Gasteiger partial charge on any atom is -0.370 e. The summed E-state index contributed by atoms with van der Waals surface area (Å²) in [5.41, 5.74) is 0.475. The third-order valence-electron chi connectivity index (χ3n) is 5.89. The molecule has 0 aliphatic carbocycles. The Morgan fingerprint density at radius 1 is 1.10 bits per heavy atom. The van der Waals surface area contributed by atoms with Crippen LogP contribution in [0.5, 0.6) is 0 Å². The van der Waals surface area contributed by atoms with Crippen LogP contribution >= 0.6 is 22.9 Å². The average molecular weight is 573 g/mol. The Morgan fingerprint density at radius 2 is 1.87 bits per heavy atom. The van der Waals surface area contributed by atoms with E-state index in [1.54, 1.807) is 55.5 Å². The Kier molecular flexibility index (Phi) is 7.15. The van der Waals surface area contributed by atoms with Gasteiger partial charge < -0.3 is 10.6 Å². The third kappa shape index (κ3) is 5.52. The number of alkyl halides is 3. The highest BCUT2D eigenvalue weighted by Crippen LogP contribution is 2.41. The molecule has 39 heavy (non-hydrogen) atoms. The van der Waals surface area contributed by atoms with Crippen LogP contribution < -0.4 is 16.0 Å². The van der Waals surface area contributed by atoms with E-state index in [1.807, 2.05) is 0 Å². The van der Waals surface area contributed by atoms with Crippen molar-refractivity contribution in [1.29, 1.82) is 0 Å². The summed E-state index contributed by atoms with van der Waals surface area (Å²) in [6.45, 7) is 1.71. The molecule has 2 aromatic heterocycles. The van der Waals surface area contributed by atoms with E-state index in [0.717, 1.165) is 17.4 Å². The van der Waals surface area contributed by atoms with Crippen LogP contribution in [0.4, 0.5) is 29.7 Å². The molecule has 0 aliphatic heterocycles. The first-order valence-electron chi connectivity index (χ1n) is 11.7. The number of carbonyl (C=O) groups is 2. The first kappa shape index (κ1) is 26.4. The van der Waals surface area contributed by atoms with E-state index < -0.39 is 23.7 Å². The molecule has 13 heteroatoms. The van der Waals surface area contributed by atoms with Crippen molar-refractivity contribution < 1.29 is 22.8 Å². The monoisotopic (exact) mass is 572 g/mol. The quantitative estimate of drug-likeness (QED) is 0.168. The second kappa shape index (κ2) is 10.5. The van der Waals surface area contributed by atoms with Gasteiger partial charge in [0.1, 0.15) is 6.04 Å². The standard InChI is InChI=1S/C26H20ClF3N6O2S/c1-2-20(37)33-19-10-14(8-9-17(19)27)32-21(13-6-4-3-5-7-13)24(38)35-25-34-22-16(26(28,29)30)11-18-15(12-31-36-18)23(22)39-25/h3-12,21,32H,2H2,1H3,(H,31,36)(H,33,37)(H,34,35,38). The lowest BCUT2D eigenvalue weighted by Crippen LogP contribution is -2.27. The molecule has 0 bridgehead atoms. The fourth-order valence-electron chi connectivity index (χ4n) is 3.99. The molecular formula is C26H20ClF3N6O2S. The van der Waals surface area contributed by atoms with E-state index in [1.165, 1.54) is 6.20 Å². The number of halogens is 4. The van der Waals surface area contributed by atoms with Crippen LogP contribution in [0.3, 0.4) is 0 Å². The van der Waals surface area contributed by atoms with Gasteiger partial charge in [-0.25, -0.2) is 4.98 Å². The number of amides is 2. The maximum absolute atomic E-state index is 13.8. The van der Waals surface area contributed by atoms with Gasteiger partial charge in [0.25, 0.3) is 5.91 Å². The summed E-state index contributed by atoms with van der Waals surface area (Å²) >= 11 is 7.15. The summed E-state index contributed by atoms with van der Waals surface area (Å²) in [6.07, 6.45) is -2.97. The molecule has 0 saturated carbocycles. The summed E-state index contributed by atoms with van der Waals surface area (Å²) in [5.74, 6) is -0.779. The molecule has 2 heterocycles. The molecule has 1 unspecified atom stereocenters. The molecule has 8 nitrogen and oxygen atoms in total. The van der Waals surface area contributed by atoms with Crippen molar-refractivity contribution in [2.75, 3.05) is 16.0 Å². The fraction of sp³-hybridized carbons (Fsp3) is 0.154. The molecule has 4 N–H and O–H groups in total. The Balaban J connectivity index is 1.49. The molecule has 0 fully saturated rings. The maximum Gasteiger partial charge on any atom is 0.418 e. The first-order chi connectivity index (χ1) is 18.6. The summed E-state index contributed by atoms with van der Waals surface area (Å²) in [6, 6.07) is 13.6. The van der Waals surface area contributed by atoms with Gasteiger partial charge in [-0.15, -0.1) is 0 Å². The number of aromatic amines is 1. The van der Waals surface area contributed by atoms with Gasteiger partial charge >= 0.3 is 6.18 Å². The maximum atomic E-state index is 13.8. The number of anilines is 3. The van der Waals surface area contributed by atoms with E-state index in [2.05, 4.69) is 31.1 Å². The zero-order chi connectivity index (χ0) is 27.7. The van der Waals surface area contributed by atoms with Crippen LogP contribution in [-0.2, 0) is 15.8 Å². The van der Waals surface area contributed by atoms with Crippen molar-refractivity contribution in [2.24, 2.45) is 0 Å². The number of hydrogen-bond donors (Lipinski definition) is 4. The van der Waals surface area contributed by atoms with Crippen LogP contribution in [0, 0.1) is 0 Å². The van der Waals surface area contributed by atoms with Gasteiger partial charge in [-0.1, -0.05) is 60.2 Å². The van der Waals surface area contributed by atoms with Crippen molar-refractivity contribution in [1.82, 2.24) is 15.2 Å². The van der Waals surface area contributed by atoms with Crippen LogP contribution in [-0.4, -0.2) is 27.0 Å². The largest absolute Gasteiger partial charge is 0.418 e. The predicted octanol–water partition coefficient (Wildman–Crippen LogP) is 6.99. The zero-order valence-corrected chi connectivity index (χ0v) is 21.8. The minimum absolute atomic E-state index is 0.00364. The fourth-order valence-corrected chi connectivity index (χ4v) is 5.17. The number of carbonyl (C=O) groups excluding carboxylic acids is 2. The molecule has 0 spiro atoms. The van der Waals surface area contributed by atoms with Crippen molar-refractivity contribution >= 4 is 72.4 Å². The molecule has 1 atom stereocenters. The van der Waals surface area contributed by atoms with Crippen LogP contribution in [0.15, 0.2) is 60.8 Å². The van der Waals surface area contributed by atoms with E-state index >= 15 is 0 Å². The van der Waals surface area contributed by atoms with Gasteiger partial charge in [-0.3, -0.25) is 20.0 Å². The van der Waals surface area contributed by atoms with Crippen molar-refractivity contribution in [2.45, 2.75) is 25.6 Å². The summed E-state index contributed by atoms with van der Waals surface area (Å²) in [4.78, 5) is 29.5. The Labute approximate surface area is 228 Å². The van der Waals surface area contributed by atoms with Crippen LogP contribution in [0.25, 0.3) is 21.1 Å². The lowest BCUT2D eigenvalue weighted by molar-refractivity contribution is -0.136. The van der Waals surface area contributed by atoms with Crippen molar-refractivity contribution in [3.8, 4) is 0 Å². The number of H-pyrrole nitrogens is 1. The number of nitrogens with zero attached hydrogens (tertiary/aromatic N) is 2. The van der Waals surface area contributed by atoms with E-state index in [-0.39, 0.29) is 33.2 Å². The van der Waals surface area contributed by atoms with Crippen LogP contribution in [0.2, 0.25) is 5.02 Å². The SMILES string of the molecule is CCC(=O)Nc1cc(NC(C(=O)Nc2nc3c(C(F)(F)F)cc4[nH]ncc4c3s2)c2ccccc2)ccc1Cl. The van der Waals surface area contributed by atoms with Crippen molar-refractivity contribution in [3.05, 3.63) is 76.9 Å². The topological polar surface area (TPSA) is 112 Å². The molecule has 5 aromatic rings. The number of aromatic nitrogens is 3. The lowest BCUT2D eigenvalue weighted by atomic mass is 10.1. The van der Waals surface area contributed by atoms with E-state index in [9.17, 15) is 22.8 Å². The predicted molar refractivity (Wildman–Crippen MR) is 146 cm³/mol. The van der Waals surface area contributed by atoms with E-state index in [0.29, 0.717) is 27.3 Å².